The number of amides is 1. The Morgan fingerprint density at radius 1 is 1.16 bits per heavy atom. The average Bonchev–Trinajstić information content (AvgIpc) is 2.61. The molecule has 0 fully saturated rings. The van der Waals surface area contributed by atoms with Gasteiger partial charge in [0.2, 0.25) is 0 Å². The molecule has 0 heterocycles. The van der Waals surface area contributed by atoms with Crippen LogP contribution in [-0.2, 0) is 4.79 Å². The lowest BCUT2D eigenvalue weighted by atomic mass is 10.1. The maximum absolute atomic E-state index is 12.2. The number of carbonyl (C=O) groups excluding carboxylic acids is 1. The number of benzene rings is 2. The van der Waals surface area contributed by atoms with E-state index in [1.807, 2.05) is 13.0 Å². The van der Waals surface area contributed by atoms with Gasteiger partial charge >= 0.3 is 5.97 Å². The molecule has 0 saturated carbocycles. The number of rotatable bonds is 6. The number of nitrogens with zero attached hydrogens (tertiary/aromatic N) is 1. The van der Waals surface area contributed by atoms with Gasteiger partial charge in [-0.25, -0.2) is 4.79 Å². The molecule has 0 spiro atoms. The summed E-state index contributed by atoms with van der Waals surface area (Å²) in [5.74, 6) is -0.911. The number of hydrogen-bond acceptors (Lipinski definition) is 4. The van der Waals surface area contributed by atoms with Gasteiger partial charge in [-0.15, -0.1) is 0 Å². The van der Waals surface area contributed by atoms with Gasteiger partial charge in [-0.3, -0.25) is 4.79 Å². The van der Waals surface area contributed by atoms with Crippen LogP contribution in [0.15, 0.2) is 54.1 Å². The number of anilines is 1. The summed E-state index contributed by atoms with van der Waals surface area (Å²) < 4.78 is 5.34. The van der Waals surface area contributed by atoms with Crippen LogP contribution in [0.25, 0.3) is 6.08 Å². The van der Waals surface area contributed by atoms with Crippen molar-refractivity contribution in [2.45, 2.75) is 6.92 Å². The Kier molecular flexibility index (Phi) is 5.91. The second kappa shape index (κ2) is 8.31. The highest BCUT2D eigenvalue weighted by atomic mass is 16.5. The molecule has 2 aromatic rings. The quantitative estimate of drug-likeness (QED) is 0.622. The van der Waals surface area contributed by atoms with Crippen LogP contribution in [0.1, 0.15) is 22.8 Å². The molecule has 126 valence electrons. The van der Waals surface area contributed by atoms with E-state index in [1.165, 1.54) is 30.3 Å². The first kappa shape index (κ1) is 17.8. The first-order valence-electron chi connectivity index (χ1n) is 7.53. The number of ether oxygens (including phenoxy) is 1. The molecule has 2 N–H and O–H groups in total. The monoisotopic (exact) mass is 336 g/mol. The number of carboxylic acid groups (broad SMARTS) is 1. The molecule has 0 aliphatic rings. The minimum absolute atomic E-state index is 0.0635. The Morgan fingerprint density at radius 2 is 1.80 bits per heavy atom. The Labute approximate surface area is 145 Å². The van der Waals surface area contributed by atoms with E-state index in [9.17, 15) is 14.9 Å². The number of nitrogens with one attached hydrogen (secondary N) is 1. The summed E-state index contributed by atoms with van der Waals surface area (Å²) in [6.07, 6.45) is 1.47. The lowest BCUT2D eigenvalue weighted by Crippen LogP contribution is -2.13. The van der Waals surface area contributed by atoms with Crippen LogP contribution in [-0.4, -0.2) is 23.6 Å². The van der Waals surface area contributed by atoms with E-state index in [4.69, 9.17) is 9.84 Å². The van der Waals surface area contributed by atoms with E-state index in [2.05, 4.69) is 5.32 Å². The molecule has 2 aromatic carbocycles. The fourth-order valence-corrected chi connectivity index (χ4v) is 2.04. The predicted molar refractivity (Wildman–Crippen MR) is 93.2 cm³/mol. The topological polar surface area (TPSA) is 99.4 Å². The van der Waals surface area contributed by atoms with E-state index in [-0.39, 0.29) is 11.1 Å². The second-order valence-electron chi connectivity index (χ2n) is 5.01. The van der Waals surface area contributed by atoms with Crippen molar-refractivity contribution in [3.63, 3.8) is 0 Å². The van der Waals surface area contributed by atoms with E-state index in [0.717, 1.165) is 0 Å². The van der Waals surface area contributed by atoms with Gasteiger partial charge in [-0.1, -0.05) is 12.1 Å². The van der Waals surface area contributed by atoms with Gasteiger partial charge < -0.3 is 15.2 Å². The van der Waals surface area contributed by atoms with Crippen LogP contribution in [0.4, 0.5) is 5.69 Å². The first-order valence-corrected chi connectivity index (χ1v) is 7.53. The third kappa shape index (κ3) is 4.94. The van der Waals surface area contributed by atoms with E-state index >= 15 is 0 Å². The summed E-state index contributed by atoms with van der Waals surface area (Å²) >= 11 is 0. The molecular weight excluding hydrogens is 320 g/mol. The maximum atomic E-state index is 12.2. The Hall–Kier alpha value is -3.59. The molecule has 0 bridgehead atoms. The molecule has 0 unspecified atom stereocenters. The molecule has 0 saturated heterocycles. The van der Waals surface area contributed by atoms with E-state index in [1.54, 1.807) is 24.3 Å². The van der Waals surface area contributed by atoms with Crippen LogP contribution in [0.5, 0.6) is 5.75 Å². The zero-order valence-electron chi connectivity index (χ0n) is 13.5. The number of aromatic carboxylic acids is 1. The molecule has 25 heavy (non-hydrogen) atoms. The highest BCUT2D eigenvalue weighted by molar-refractivity contribution is 6.09. The van der Waals surface area contributed by atoms with Gasteiger partial charge in [0.1, 0.15) is 17.4 Å². The van der Waals surface area contributed by atoms with Crippen LogP contribution in [0.3, 0.4) is 0 Å². The molecule has 6 nitrogen and oxygen atoms in total. The predicted octanol–water partition coefficient (Wildman–Crippen LogP) is 3.33. The fourth-order valence-electron chi connectivity index (χ4n) is 2.04. The fraction of sp³-hybridized carbons (Fsp3) is 0.105. The second-order valence-corrected chi connectivity index (χ2v) is 5.01. The average molecular weight is 336 g/mol. The lowest BCUT2D eigenvalue weighted by Gasteiger charge is -2.05. The highest BCUT2D eigenvalue weighted by Crippen LogP contribution is 2.16. The number of carboxylic acids is 1. The molecule has 1 amide bonds. The molecule has 0 radical (unpaired) electrons. The van der Waals surface area contributed by atoms with Crippen LogP contribution >= 0.6 is 0 Å². The standard InChI is InChI=1S/C19H16N2O4/c1-2-25-17-9-3-13(4-10-17)11-15(12-20)18(22)21-16-7-5-14(6-8-16)19(23)24/h3-11H,2H2,1H3,(H,21,22)(H,23,24)/b15-11+. The van der Waals surface area contributed by atoms with Crippen molar-refractivity contribution >= 4 is 23.6 Å². The number of carbonyl (C=O) groups is 2. The van der Waals surface area contributed by atoms with E-state index < -0.39 is 11.9 Å². The normalized spacial score (nSPS) is 10.6. The van der Waals surface area contributed by atoms with Crippen LogP contribution in [0.2, 0.25) is 0 Å². The minimum Gasteiger partial charge on any atom is -0.494 e. The Bertz CT molecular complexity index is 831. The minimum atomic E-state index is -1.05. The van der Waals surface area contributed by atoms with Crippen molar-refractivity contribution < 1.29 is 19.4 Å². The van der Waals surface area contributed by atoms with Gasteiger partial charge in [-0.2, -0.15) is 5.26 Å². The summed E-state index contributed by atoms with van der Waals surface area (Å²) in [5, 5.41) is 20.6. The lowest BCUT2D eigenvalue weighted by molar-refractivity contribution is -0.112. The third-order valence-corrected chi connectivity index (χ3v) is 3.26. The van der Waals surface area contributed by atoms with Gasteiger partial charge in [0.15, 0.2) is 0 Å². The van der Waals surface area contributed by atoms with Crippen molar-refractivity contribution in [3.05, 3.63) is 65.2 Å². The van der Waals surface area contributed by atoms with Crippen molar-refractivity contribution in [1.29, 1.82) is 5.26 Å². The molecular formula is C19H16N2O4. The first-order chi connectivity index (χ1) is 12.0. The summed E-state index contributed by atoms with van der Waals surface area (Å²) in [5.41, 5.74) is 1.15. The summed E-state index contributed by atoms with van der Waals surface area (Å²) in [6, 6.07) is 14.6. The summed E-state index contributed by atoms with van der Waals surface area (Å²) in [7, 11) is 0. The summed E-state index contributed by atoms with van der Waals surface area (Å²) in [4.78, 5) is 23.0. The molecule has 0 aliphatic heterocycles. The van der Waals surface area contributed by atoms with Crippen molar-refractivity contribution in [2.24, 2.45) is 0 Å². The van der Waals surface area contributed by atoms with Crippen LogP contribution < -0.4 is 10.1 Å². The molecule has 0 aliphatic carbocycles. The van der Waals surface area contributed by atoms with Crippen molar-refractivity contribution in [1.82, 2.24) is 0 Å². The van der Waals surface area contributed by atoms with E-state index in [0.29, 0.717) is 23.6 Å². The van der Waals surface area contributed by atoms with Gasteiger partial charge in [-0.05, 0) is 55.0 Å². The number of nitriles is 1. The van der Waals surface area contributed by atoms with Crippen molar-refractivity contribution in [3.8, 4) is 11.8 Å². The Morgan fingerprint density at radius 3 is 2.32 bits per heavy atom. The molecule has 0 atom stereocenters. The SMILES string of the molecule is CCOc1ccc(/C=C(\C#N)C(=O)Nc2ccc(C(=O)O)cc2)cc1. The zero-order valence-corrected chi connectivity index (χ0v) is 13.5. The smallest absolute Gasteiger partial charge is 0.335 e. The largest absolute Gasteiger partial charge is 0.494 e. The highest BCUT2D eigenvalue weighted by Gasteiger charge is 2.10. The number of hydrogen-bond donors (Lipinski definition) is 2. The van der Waals surface area contributed by atoms with Crippen LogP contribution in [0, 0.1) is 11.3 Å². The molecule has 0 aromatic heterocycles. The Balaban J connectivity index is 2.12. The maximum Gasteiger partial charge on any atom is 0.335 e. The summed E-state index contributed by atoms with van der Waals surface area (Å²) in [6.45, 7) is 2.44. The van der Waals surface area contributed by atoms with Gasteiger partial charge in [0, 0.05) is 5.69 Å². The molecule has 2 rings (SSSR count). The molecule has 6 heteroatoms. The van der Waals surface area contributed by atoms with Gasteiger partial charge in [0.05, 0.1) is 12.2 Å². The third-order valence-electron chi connectivity index (χ3n) is 3.26. The van der Waals surface area contributed by atoms with Gasteiger partial charge in [0.25, 0.3) is 5.91 Å². The van der Waals surface area contributed by atoms with Crippen molar-refractivity contribution in [2.75, 3.05) is 11.9 Å². The zero-order chi connectivity index (χ0) is 18.2.